The van der Waals surface area contributed by atoms with Crippen LogP contribution in [0.3, 0.4) is 0 Å². The van der Waals surface area contributed by atoms with E-state index in [2.05, 4.69) is 16.0 Å². The van der Waals surface area contributed by atoms with Crippen molar-refractivity contribution in [2.24, 2.45) is 0 Å². The molecule has 29 heavy (non-hydrogen) atoms. The van der Waals surface area contributed by atoms with Crippen molar-refractivity contribution in [1.29, 1.82) is 0 Å². The Bertz CT molecular complexity index is 454. The zero-order valence-electron chi connectivity index (χ0n) is 19.6. The van der Waals surface area contributed by atoms with Crippen molar-refractivity contribution in [2.75, 3.05) is 84.8 Å². The Kier molecular flexibility index (Phi) is 24.5. The van der Waals surface area contributed by atoms with Crippen molar-refractivity contribution in [2.45, 2.75) is 0 Å². The van der Waals surface area contributed by atoms with Gasteiger partial charge in [0.05, 0.1) is 0 Å². The Hall–Kier alpha value is -2.08. The van der Waals surface area contributed by atoms with Gasteiger partial charge in [-0.2, -0.15) is 7.82 Å². The van der Waals surface area contributed by atoms with E-state index in [0.29, 0.717) is 0 Å². The minimum absolute atomic E-state index is 0.769. The third-order valence-electron chi connectivity index (χ3n) is 2.44. The van der Waals surface area contributed by atoms with E-state index in [9.17, 15) is 0 Å². The van der Waals surface area contributed by atoms with Crippen LogP contribution in [0.4, 0.5) is 13.3 Å². The molecule has 0 aromatic heterocycles. The van der Waals surface area contributed by atoms with E-state index in [1.54, 1.807) is 21.3 Å². The van der Waals surface area contributed by atoms with Gasteiger partial charge in [-0.1, -0.05) is 0 Å². The molecule has 6 amide bonds. The second-order valence-electron chi connectivity index (χ2n) is 5.41. The fraction of sp³-hybridized carbons (Fsp3) is 0.800. The molecule has 0 atom stereocenters. The molecular weight excluding hydrogens is 407 g/mol. The number of hydrogen-bond acceptors (Lipinski definition) is 4. The first kappa shape index (κ1) is 34.4. The van der Waals surface area contributed by atoms with Gasteiger partial charge in [-0.3, -0.25) is 30.7 Å². The molecule has 0 aliphatic heterocycles. The lowest BCUT2D eigenvalue weighted by Crippen LogP contribution is -2.32. The maximum atomic E-state index is 8.55. The van der Waals surface area contributed by atoms with E-state index in [1.165, 1.54) is 0 Å². The van der Waals surface area contributed by atoms with Crippen LogP contribution in [0.5, 0.6) is 0 Å². The summed E-state index contributed by atoms with van der Waals surface area (Å²) in [4.78, 5) is 31.2. The SMILES string of the molecule is CNC(=[O+]C)N(C)C.CNC(=[O+]C)N(C)C.CNC(=[O+]C)N(C)C.O=P([O-])([O-])[O-]. The number of carbonyl (C=O) groups excluding carboxylic acids is 3. The maximum absolute atomic E-state index is 8.55. The van der Waals surface area contributed by atoms with Crippen LogP contribution >= 0.6 is 7.82 Å². The molecular formula is C15H39N6O7P. The number of phosphoric acid groups is 1. The number of nitrogens with one attached hydrogen (secondary N) is 3. The van der Waals surface area contributed by atoms with E-state index >= 15 is 0 Å². The fourth-order valence-electron chi connectivity index (χ4n) is 1.52. The molecule has 0 aliphatic rings. The molecule has 176 valence electrons. The van der Waals surface area contributed by atoms with Crippen LogP contribution in [0.15, 0.2) is 0 Å². The van der Waals surface area contributed by atoms with Gasteiger partial charge in [0, 0.05) is 63.4 Å². The second-order valence-corrected chi connectivity index (χ2v) is 6.30. The molecule has 0 bridgehead atoms. The molecule has 0 heterocycles. The normalized spacial score (nSPS) is 11.3. The van der Waals surface area contributed by atoms with Gasteiger partial charge in [-0.25, -0.2) is 13.3 Å². The fourth-order valence-corrected chi connectivity index (χ4v) is 1.52. The van der Waals surface area contributed by atoms with E-state index in [4.69, 9.17) is 32.5 Å². The molecule has 0 saturated heterocycles. The summed E-state index contributed by atoms with van der Waals surface area (Å²) in [7, 11) is 16.4. The van der Waals surface area contributed by atoms with Gasteiger partial charge in [0.15, 0.2) is 0 Å². The Morgan fingerprint density at radius 3 is 0.759 bits per heavy atom. The van der Waals surface area contributed by atoms with Gasteiger partial charge in [0.25, 0.3) is 21.3 Å². The molecule has 0 rings (SSSR count). The Morgan fingerprint density at radius 1 is 0.621 bits per heavy atom. The lowest BCUT2D eigenvalue weighted by molar-refractivity contribution is -0.432. The van der Waals surface area contributed by atoms with Crippen molar-refractivity contribution in [3.05, 3.63) is 0 Å². The third kappa shape index (κ3) is 30.9. The minimum atomic E-state index is -5.39. The molecule has 0 radical (unpaired) electrons. The van der Waals surface area contributed by atoms with Crippen LogP contribution in [0.25, 0.3) is 0 Å². The number of nitrogens with zero attached hydrogens (tertiary/aromatic N) is 3. The Labute approximate surface area is 174 Å². The molecule has 0 aliphatic carbocycles. The summed E-state index contributed by atoms with van der Waals surface area (Å²) >= 11 is 0. The van der Waals surface area contributed by atoms with Gasteiger partial charge in [-0.15, -0.1) is 0 Å². The van der Waals surface area contributed by atoms with Gasteiger partial charge in [-0.05, 0) is 0 Å². The van der Waals surface area contributed by atoms with Gasteiger partial charge < -0.3 is 19.2 Å². The molecule has 13 nitrogen and oxygen atoms in total. The van der Waals surface area contributed by atoms with Crippen LogP contribution in [-0.2, 0) is 4.57 Å². The van der Waals surface area contributed by atoms with Crippen LogP contribution in [-0.4, -0.2) is 118 Å². The lowest BCUT2D eigenvalue weighted by atomic mass is 10.8. The van der Waals surface area contributed by atoms with E-state index in [-0.39, 0.29) is 0 Å². The molecule has 0 aromatic carbocycles. The van der Waals surface area contributed by atoms with Crippen LogP contribution in [0.2, 0.25) is 0 Å². The van der Waals surface area contributed by atoms with E-state index < -0.39 is 7.82 Å². The summed E-state index contributed by atoms with van der Waals surface area (Å²) in [6.07, 6.45) is 0. The zero-order valence-corrected chi connectivity index (χ0v) is 20.5. The molecule has 0 spiro atoms. The first-order valence-electron chi connectivity index (χ1n) is 8.17. The summed E-state index contributed by atoms with van der Waals surface area (Å²) in [5.74, 6) is 0. The average molecular weight is 446 g/mol. The summed E-state index contributed by atoms with van der Waals surface area (Å²) in [5, 5.41) is 8.61. The van der Waals surface area contributed by atoms with Crippen LogP contribution < -0.4 is 30.6 Å². The average Bonchev–Trinajstić information content (AvgIpc) is 2.57. The van der Waals surface area contributed by atoms with E-state index in [0.717, 1.165) is 18.1 Å². The first-order chi connectivity index (χ1) is 13.2. The second kappa shape index (κ2) is 20.6. The van der Waals surface area contributed by atoms with Gasteiger partial charge in [0.2, 0.25) is 0 Å². The molecule has 3 N–H and O–H groups in total. The van der Waals surface area contributed by atoms with Crippen LogP contribution in [0.1, 0.15) is 0 Å². The standard InChI is InChI=1S/3C5H13N2O.H3O4P/c3*1-6-5(8-4)7(2)3;1-5(2,3)4/h3*6H,1-4H3;(H3,1,2,3,4)/q3*+1;/p-3. The first-order valence-corrected chi connectivity index (χ1v) is 9.63. The highest BCUT2D eigenvalue weighted by molar-refractivity contribution is 7.40. The minimum Gasteiger partial charge on any atom is -0.822 e. The third-order valence-corrected chi connectivity index (χ3v) is 2.44. The molecule has 0 saturated carbocycles. The number of amides is 6. The Morgan fingerprint density at radius 2 is 0.759 bits per heavy atom. The predicted octanol–water partition coefficient (Wildman–Crippen LogP) is -2.67. The molecule has 0 aromatic rings. The maximum Gasteiger partial charge on any atom is 0.501 e. The highest BCUT2D eigenvalue weighted by Gasteiger charge is 2.08. The summed E-state index contributed by atoms with van der Waals surface area (Å²) in [5.41, 5.74) is 0. The molecule has 0 unspecified atom stereocenters. The highest BCUT2D eigenvalue weighted by Crippen LogP contribution is 2.03. The lowest BCUT2D eigenvalue weighted by Gasteiger charge is -2.36. The summed E-state index contributed by atoms with van der Waals surface area (Å²) in [6.45, 7) is 0. The molecule has 14 heteroatoms. The number of hydrogen-bond donors (Lipinski definition) is 3. The zero-order chi connectivity index (χ0) is 24.2. The van der Waals surface area contributed by atoms with Crippen molar-refractivity contribution in [3.8, 4) is 0 Å². The van der Waals surface area contributed by atoms with E-state index in [1.807, 2.05) is 78.1 Å². The summed E-state index contributed by atoms with van der Waals surface area (Å²) < 4.78 is 23.2. The number of urea groups is 3. The number of rotatable bonds is 0. The topological polar surface area (TPSA) is 166 Å². The largest absolute Gasteiger partial charge is 0.822 e. The Balaban J connectivity index is -0.000000146. The van der Waals surface area contributed by atoms with Crippen LogP contribution in [0, 0.1) is 0 Å². The quantitative estimate of drug-likeness (QED) is 0.273. The van der Waals surface area contributed by atoms with Gasteiger partial charge in [0.1, 0.15) is 0 Å². The highest BCUT2D eigenvalue weighted by atomic mass is 31.2. The van der Waals surface area contributed by atoms with Crippen molar-refractivity contribution >= 4 is 25.9 Å². The monoisotopic (exact) mass is 446 g/mol. The van der Waals surface area contributed by atoms with Crippen molar-refractivity contribution in [1.82, 2.24) is 30.7 Å². The van der Waals surface area contributed by atoms with Gasteiger partial charge >= 0.3 is 18.1 Å². The molecule has 0 fully saturated rings. The van der Waals surface area contributed by atoms with Crippen molar-refractivity contribution < 1.29 is 32.5 Å². The predicted molar refractivity (Wildman–Crippen MR) is 110 cm³/mol. The summed E-state index contributed by atoms with van der Waals surface area (Å²) in [6, 6.07) is 2.31. The van der Waals surface area contributed by atoms with Crippen molar-refractivity contribution in [3.63, 3.8) is 0 Å². The smallest absolute Gasteiger partial charge is 0.501 e.